The molecule has 0 saturated heterocycles. The molecule has 0 aliphatic heterocycles. The maximum Gasteiger partial charge on any atom is 0.255 e. The first-order valence-electron chi connectivity index (χ1n) is 7.86. The highest BCUT2D eigenvalue weighted by atomic mass is 35.5. The normalized spacial score (nSPS) is 11.6. The third-order valence-corrected chi connectivity index (χ3v) is 5.23. The van der Waals surface area contributed by atoms with Crippen LogP contribution < -0.4 is 10.0 Å². The van der Waals surface area contributed by atoms with E-state index >= 15 is 0 Å². The third-order valence-electron chi connectivity index (χ3n) is 3.56. The molecule has 134 valence electrons. The van der Waals surface area contributed by atoms with Crippen molar-refractivity contribution in [2.45, 2.75) is 25.7 Å². The second kappa shape index (κ2) is 7.99. The van der Waals surface area contributed by atoms with Crippen LogP contribution in [-0.4, -0.2) is 20.9 Å². The molecular weight excluding hydrogens is 360 g/mol. The number of rotatable bonds is 6. The minimum atomic E-state index is -3.57. The van der Waals surface area contributed by atoms with Crippen molar-refractivity contribution >= 4 is 33.2 Å². The highest BCUT2D eigenvalue weighted by molar-refractivity contribution is 7.89. The first kappa shape index (κ1) is 19.4. The van der Waals surface area contributed by atoms with Gasteiger partial charge in [0.2, 0.25) is 10.0 Å². The molecule has 25 heavy (non-hydrogen) atoms. The van der Waals surface area contributed by atoms with E-state index in [1.807, 2.05) is 26.8 Å². The van der Waals surface area contributed by atoms with Crippen molar-refractivity contribution in [2.24, 2.45) is 5.92 Å². The van der Waals surface area contributed by atoms with Crippen molar-refractivity contribution in [3.05, 3.63) is 58.6 Å². The molecule has 0 saturated carbocycles. The summed E-state index contributed by atoms with van der Waals surface area (Å²) in [5.74, 6) is -0.120. The lowest BCUT2D eigenvalue weighted by Crippen LogP contribution is -2.27. The number of amides is 1. The number of sulfonamides is 1. The highest BCUT2D eigenvalue weighted by Crippen LogP contribution is 2.21. The molecule has 0 unspecified atom stereocenters. The van der Waals surface area contributed by atoms with Crippen LogP contribution in [0, 0.1) is 12.8 Å². The molecule has 0 aromatic heterocycles. The van der Waals surface area contributed by atoms with E-state index in [0.717, 1.165) is 5.56 Å². The summed E-state index contributed by atoms with van der Waals surface area (Å²) in [5, 5.41) is 3.30. The van der Waals surface area contributed by atoms with Crippen molar-refractivity contribution in [2.75, 3.05) is 11.9 Å². The van der Waals surface area contributed by atoms with Gasteiger partial charge in [0.1, 0.15) is 0 Å². The zero-order valence-corrected chi connectivity index (χ0v) is 15.9. The topological polar surface area (TPSA) is 75.3 Å². The standard InChI is InChI=1S/C18H21ClN2O3S/c1-12(2)11-20-25(23,24)16-8-5-14(6-9-16)18(22)21-17-10-15(19)7-4-13(17)3/h4-10,12,20H,11H2,1-3H3,(H,21,22). The second-order valence-corrected chi connectivity index (χ2v) is 8.39. The van der Waals surface area contributed by atoms with E-state index in [2.05, 4.69) is 10.0 Å². The number of carbonyl (C=O) groups excluding carboxylic acids is 1. The molecule has 0 aliphatic carbocycles. The Hall–Kier alpha value is -1.89. The molecule has 2 aromatic carbocycles. The molecule has 0 fully saturated rings. The Morgan fingerprint density at radius 3 is 2.36 bits per heavy atom. The van der Waals surface area contributed by atoms with Gasteiger partial charge in [0.15, 0.2) is 0 Å². The Labute approximate surface area is 153 Å². The van der Waals surface area contributed by atoms with Gasteiger partial charge in [0, 0.05) is 22.8 Å². The first-order chi connectivity index (χ1) is 11.7. The van der Waals surface area contributed by atoms with Gasteiger partial charge in [-0.1, -0.05) is 31.5 Å². The summed E-state index contributed by atoms with van der Waals surface area (Å²) in [6, 6.07) is 11.0. The molecule has 0 spiro atoms. The molecule has 0 heterocycles. The minimum absolute atomic E-state index is 0.128. The van der Waals surface area contributed by atoms with Crippen LogP contribution >= 0.6 is 11.6 Å². The quantitative estimate of drug-likeness (QED) is 0.799. The van der Waals surface area contributed by atoms with E-state index in [-0.39, 0.29) is 16.7 Å². The minimum Gasteiger partial charge on any atom is -0.322 e. The zero-order chi connectivity index (χ0) is 18.6. The van der Waals surface area contributed by atoms with Crippen LogP contribution in [0.1, 0.15) is 29.8 Å². The number of anilines is 1. The van der Waals surface area contributed by atoms with Gasteiger partial charge in [-0.05, 0) is 54.8 Å². The van der Waals surface area contributed by atoms with E-state index in [0.29, 0.717) is 22.8 Å². The molecular formula is C18H21ClN2O3S. The summed E-state index contributed by atoms with van der Waals surface area (Å²) in [4.78, 5) is 12.5. The van der Waals surface area contributed by atoms with Crippen LogP contribution in [0.25, 0.3) is 0 Å². The summed E-state index contributed by atoms with van der Waals surface area (Å²) in [6.45, 7) is 6.07. The third kappa shape index (κ3) is 5.29. The van der Waals surface area contributed by atoms with Crippen LogP contribution in [0.2, 0.25) is 5.02 Å². The highest BCUT2D eigenvalue weighted by Gasteiger charge is 2.15. The number of carbonyl (C=O) groups is 1. The number of hydrogen-bond donors (Lipinski definition) is 2. The fourth-order valence-electron chi connectivity index (χ4n) is 2.07. The smallest absolute Gasteiger partial charge is 0.255 e. The number of halogens is 1. The summed E-state index contributed by atoms with van der Waals surface area (Å²) < 4.78 is 26.9. The largest absolute Gasteiger partial charge is 0.322 e. The van der Waals surface area contributed by atoms with Crippen molar-refractivity contribution in [1.29, 1.82) is 0 Å². The Kier molecular flexibility index (Phi) is 6.21. The molecule has 0 atom stereocenters. The van der Waals surface area contributed by atoms with Crippen LogP contribution in [0.15, 0.2) is 47.4 Å². The van der Waals surface area contributed by atoms with E-state index in [4.69, 9.17) is 11.6 Å². The molecule has 5 nitrogen and oxygen atoms in total. The second-order valence-electron chi connectivity index (χ2n) is 6.18. The summed E-state index contributed by atoms with van der Waals surface area (Å²) in [6.07, 6.45) is 0. The average molecular weight is 381 g/mol. The number of benzene rings is 2. The molecule has 2 aromatic rings. The van der Waals surface area contributed by atoms with Gasteiger partial charge in [-0.25, -0.2) is 13.1 Å². The summed E-state index contributed by atoms with van der Waals surface area (Å²) >= 11 is 5.94. The zero-order valence-electron chi connectivity index (χ0n) is 14.3. The molecule has 1 amide bonds. The SMILES string of the molecule is Cc1ccc(Cl)cc1NC(=O)c1ccc(S(=O)(=O)NCC(C)C)cc1. The van der Waals surface area contributed by atoms with Gasteiger partial charge in [-0.2, -0.15) is 0 Å². The van der Waals surface area contributed by atoms with Gasteiger partial charge in [-0.3, -0.25) is 4.79 Å². The molecule has 0 radical (unpaired) electrons. The molecule has 7 heteroatoms. The lowest BCUT2D eigenvalue weighted by atomic mass is 10.1. The maximum atomic E-state index is 12.3. The van der Waals surface area contributed by atoms with Crippen molar-refractivity contribution in [3.63, 3.8) is 0 Å². The summed E-state index contributed by atoms with van der Waals surface area (Å²) in [7, 11) is -3.57. The molecule has 2 rings (SSSR count). The van der Waals surface area contributed by atoms with Crippen LogP contribution in [-0.2, 0) is 10.0 Å². The van der Waals surface area contributed by atoms with Gasteiger partial charge in [-0.15, -0.1) is 0 Å². The van der Waals surface area contributed by atoms with Crippen molar-refractivity contribution in [1.82, 2.24) is 4.72 Å². The van der Waals surface area contributed by atoms with Gasteiger partial charge in [0.25, 0.3) is 5.91 Å². The van der Waals surface area contributed by atoms with E-state index < -0.39 is 10.0 Å². The Morgan fingerprint density at radius 2 is 1.76 bits per heavy atom. The van der Waals surface area contributed by atoms with Crippen molar-refractivity contribution in [3.8, 4) is 0 Å². The van der Waals surface area contributed by atoms with Gasteiger partial charge >= 0.3 is 0 Å². The van der Waals surface area contributed by atoms with E-state index in [9.17, 15) is 13.2 Å². The Morgan fingerprint density at radius 1 is 1.12 bits per heavy atom. The van der Waals surface area contributed by atoms with E-state index in [1.54, 1.807) is 12.1 Å². The monoisotopic (exact) mass is 380 g/mol. The Balaban J connectivity index is 2.14. The predicted molar refractivity (Wildman–Crippen MR) is 101 cm³/mol. The van der Waals surface area contributed by atoms with Crippen molar-refractivity contribution < 1.29 is 13.2 Å². The van der Waals surface area contributed by atoms with Crippen LogP contribution in [0.4, 0.5) is 5.69 Å². The first-order valence-corrected chi connectivity index (χ1v) is 9.72. The predicted octanol–water partition coefficient (Wildman–Crippen LogP) is 3.84. The van der Waals surface area contributed by atoms with Gasteiger partial charge in [0.05, 0.1) is 4.90 Å². The fourth-order valence-corrected chi connectivity index (χ4v) is 3.45. The maximum absolute atomic E-state index is 12.3. The number of nitrogens with one attached hydrogen (secondary N) is 2. The van der Waals surface area contributed by atoms with E-state index in [1.165, 1.54) is 24.3 Å². The average Bonchev–Trinajstić information content (AvgIpc) is 2.56. The van der Waals surface area contributed by atoms with Crippen LogP contribution in [0.5, 0.6) is 0 Å². The van der Waals surface area contributed by atoms with Gasteiger partial charge < -0.3 is 5.32 Å². The Bertz CT molecular complexity index is 862. The fraction of sp³-hybridized carbons (Fsp3) is 0.278. The van der Waals surface area contributed by atoms with Crippen LogP contribution in [0.3, 0.4) is 0 Å². The molecule has 0 aliphatic rings. The molecule has 2 N–H and O–H groups in total. The molecule has 0 bridgehead atoms. The number of aryl methyl sites for hydroxylation is 1. The lowest BCUT2D eigenvalue weighted by molar-refractivity contribution is 0.102. The number of hydrogen-bond acceptors (Lipinski definition) is 3. The summed E-state index contributed by atoms with van der Waals surface area (Å²) in [5.41, 5.74) is 1.87. The lowest BCUT2D eigenvalue weighted by Gasteiger charge is -2.11.